The van der Waals surface area contributed by atoms with Gasteiger partial charge in [0, 0.05) is 31.6 Å². The van der Waals surface area contributed by atoms with Crippen molar-refractivity contribution in [2.45, 2.75) is 31.6 Å². The first kappa shape index (κ1) is 10.6. The quantitative estimate of drug-likeness (QED) is 0.808. The second-order valence-electron chi connectivity index (χ2n) is 4.01. The molecule has 0 saturated carbocycles. The van der Waals surface area contributed by atoms with Crippen LogP contribution in [0.5, 0.6) is 0 Å². The summed E-state index contributed by atoms with van der Waals surface area (Å²) >= 11 is 0. The van der Waals surface area contributed by atoms with Gasteiger partial charge in [0.05, 0.1) is 0 Å². The Balaban J connectivity index is 2.05. The lowest BCUT2D eigenvalue weighted by Gasteiger charge is -2.17. The Bertz CT molecular complexity index is 307. The van der Waals surface area contributed by atoms with Gasteiger partial charge in [0.1, 0.15) is 0 Å². The maximum atomic E-state index is 5.55. The summed E-state index contributed by atoms with van der Waals surface area (Å²) in [6, 6.07) is 0. The fraction of sp³-hybridized carbons (Fsp3) is 0.800. The van der Waals surface area contributed by atoms with Crippen LogP contribution in [0.15, 0.2) is 4.52 Å². The lowest BCUT2D eigenvalue weighted by atomic mass is 10.0. The lowest BCUT2D eigenvalue weighted by Crippen LogP contribution is -2.15. The van der Waals surface area contributed by atoms with Crippen LogP contribution < -0.4 is 5.73 Å². The van der Waals surface area contributed by atoms with Crippen molar-refractivity contribution >= 4 is 0 Å². The van der Waals surface area contributed by atoms with E-state index in [1.54, 1.807) is 0 Å². The van der Waals surface area contributed by atoms with Crippen molar-refractivity contribution in [2.24, 2.45) is 5.73 Å². The molecule has 2 N–H and O–H groups in total. The predicted molar refractivity (Wildman–Crippen MR) is 54.6 cm³/mol. The van der Waals surface area contributed by atoms with Crippen molar-refractivity contribution < 1.29 is 9.26 Å². The molecule has 0 spiro atoms. The summed E-state index contributed by atoms with van der Waals surface area (Å²) in [4.78, 5) is 4.39. The van der Waals surface area contributed by atoms with Crippen LogP contribution in [-0.4, -0.2) is 29.9 Å². The van der Waals surface area contributed by atoms with Gasteiger partial charge in [0.15, 0.2) is 5.82 Å². The molecule has 0 amide bonds. The minimum Gasteiger partial charge on any atom is -0.381 e. The second kappa shape index (κ2) is 4.72. The first-order valence-corrected chi connectivity index (χ1v) is 5.42. The number of aromatic nitrogens is 2. The van der Waals surface area contributed by atoms with Crippen LogP contribution in [0.4, 0.5) is 0 Å². The molecule has 0 radical (unpaired) electrons. The highest BCUT2D eigenvalue weighted by Crippen LogP contribution is 2.26. The smallest absolute Gasteiger partial charge is 0.229 e. The highest BCUT2D eigenvalue weighted by molar-refractivity contribution is 4.99. The van der Waals surface area contributed by atoms with E-state index in [0.29, 0.717) is 12.5 Å². The molecule has 1 aliphatic heterocycles. The molecule has 5 heteroatoms. The summed E-state index contributed by atoms with van der Waals surface area (Å²) < 4.78 is 10.5. The minimum atomic E-state index is 0.169. The number of rotatable bonds is 3. The van der Waals surface area contributed by atoms with E-state index in [1.165, 1.54) is 0 Å². The van der Waals surface area contributed by atoms with E-state index in [2.05, 4.69) is 10.1 Å². The van der Waals surface area contributed by atoms with Crippen molar-refractivity contribution in [3.63, 3.8) is 0 Å². The summed E-state index contributed by atoms with van der Waals surface area (Å²) in [6.45, 7) is 4.12. The van der Waals surface area contributed by atoms with Gasteiger partial charge >= 0.3 is 0 Å². The van der Waals surface area contributed by atoms with Crippen LogP contribution in [0, 0.1) is 0 Å². The Labute approximate surface area is 89.0 Å². The molecule has 1 fully saturated rings. The van der Waals surface area contributed by atoms with Gasteiger partial charge in [-0.25, -0.2) is 0 Å². The summed E-state index contributed by atoms with van der Waals surface area (Å²) in [5.41, 5.74) is 5.55. The molecule has 0 bridgehead atoms. The molecule has 5 nitrogen and oxygen atoms in total. The topological polar surface area (TPSA) is 74.2 Å². The molecule has 1 aromatic heterocycles. The monoisotopic (exact) mass is 211 g/mol. The van der Waals surface area contributed by atoms with Gasteiger partial charge in [-0.3, -0.25) is 0 Å². The fourth-order valence-corrected chi connectivity index (χ4v) is 1.66. The van der Waals surface area contributed by atoms with E-state index < -0.39 is 0 Å². The summed E-state index contributed by atoms with van der Waals surface area (Å²) in [5.74, 6) is 2.00. The molecule has 2 heterocycles. The Morgan fingerprint density at radius 3 is 2.87 bits per heavy atom. The molecule has 1 saturated heterocycles. The highest BCUT2D eigenvalue weighted by atomic mass is 16.5. The zero-order valence-electron chi connectivity index (χ0n) is 8.98. The zero-order valence-corrected chi connectivity index (χ0v) is 8.98. The summed E-state index contributed by atoms with van der Waals surface area (Å²) in [7, 11) is 0. The maximum Gasteiger partial charge on any atom is 0.229 e. The fourth-order valence-electron chi connectivity index (χ4n) is 1.66. The number of nitrogens with two attached hydrogens (primary N) is 1. The number of hydrogen-bond acceptors (Lipinski definition) is 5. The third kappa shape index (κ3) is 2.35. The number of ether oxygens (including phenoxy) is 1. The van der Waals surface area contributed by atoms with Gasteiger partial charge in [-0.15, -0.1) is 0 Å². The molecule has 0 aromatic carbocycles. The van der Waals surface area contributed by atoms with Gasteiger partial charge < -0.3 is 15.0 Å². The highest BCUT2D eigenvalue weighted by Gasteiger charge is 2.22. The molecule has 1 atom stereocenters. The molecule has 0 aliphatic carbocycles. The van der Waals surface area contributed by atoms with Gasteiger partial charge in [-0.2, -0.15) is 4.98 Å². The van der Waals surface area contributed by atoms with Gasteiger partial charge in [-0.05, 0) is 12.8 Å². The Morgan fingerprint density at radius 2 is 2.20 bits per heavy atom. The average molecular weight is 211 g/mol. The Kier molecular flexibility index (Phi) is 3.33. The van der Waals surface area contributed by atoms with E-state index in [9.17, 15) is 0 Å². The molecular formula is C10H17N3O2. The van der Waals surface area contributed by atoms with E-state index in [4.69, 9.17) is 15.0 Å². The molecular weight excluding hydrogens is 194 g/mol. The van der Waals surface area contributed by atoms with E-state index >= 15 is 0 Å². The van der Waals surface area contributed by atoms with Crippen molar-refractivity contribution in [3.05, 3.63) is 11.7 Å². The first-order valence-electron chi connectivity index (χ1n) is 5.42. The first-order chi connectivity index (χ1) is 7.31. The van der Waals surface area contributed by atoms with Crippen LogP contribution in [0.2, 0.25) is 0 Å². The van der Waals surface area contributed by atoms with E-state index in [1.807, 2.05) is 6.92 Å². The summed E-state index contributed by atoms with van der Waals surface area (Å²) in [6.07, 6.45) is 1.94. The van der Waals surface area contributed by atoms with E-state index in [0.717, 1.165) is 37.8 Å². The van der Waals surface area contributed by atoms with Crippen LogP contribution >= 0.6 is 0 Å². The van der Waals surface area contributed by atoms with Crippen molar-refractivity contribution in [1.82, 2.24) is 10.1 Å². The number of nitrogens with zero attached hydrogens (tertiary/aromatic N) is 2. The molecule has 1 unspecified atom stereocenters. The minimum absolute atomic E-state index is 0.169. The third-order valence-electron chi connectivity index (χ3n) is 2.82. The van der Waals surface area contributed by atoms with Crippen LogP contribution in [0.1, 0.15) is 43.3 Å². The van der Waals surface area contributed by atoms with E-state index in [-0.39, 0.29) is 5.92 Å². The molecule has 1 aromatic rings. The standard InChI is InChI=1S/C10H17N3O2/c1-7(6-11)9-12-10(15-13-9)8-2-4-14-5-3-8/h7-8H,2-6,11H2,1H3. The Hall–Kier alpha value is -0.940. The molecule has 1 aliphatic rings. The molecule has 15 heavy (non-hydrogen) atoms. The van der Waals surface area contributed by atoms with Crippen LogP contribution in [0.3, 0.4) is 0 Å². The average Bonchev–Trinajstić information content (AvgIpc) is 2.78. The number of hydrogen-bond donors (Lipinski definition) is 1. The van der Waals surface area contributed by atoms with Crippen molar-refractivity contribution in [1.29, 1.82) is 0 Å². The van der Waals surface area contributed by atoms with Crippen LogP contribution in [0.25, 0.3) is 0 Å². The van der Waals surface area contributed by atoms with Gasteiger partial charge in [0.25, 0.3) is 0 Å². The van der Waals surface area contributed by atoms with Crippen molar-refractivity contribution in [3.8, 4) is 0 Å². The second-order valence-corrected chi connectivity index (χ2v) is 4.01. The lowest BCUT2D eigenvalue weighted by molar-refractivity contribution is 0.0778. The molecule has 2 rings (SSSR count). The van der Waals surface area contributed by atoms with Gasteiger partial charge in [0.2, 0.25) is 5.89 Å². The Morgan fingerprint density at radius 1 is 1.47 bits per heavy atom. The van der Waals surface area contributed by atoms with Crippen LogP contribution in [-0.2, 0) is 4.74 Å². The largest absolute Gasteiger partial charge is 0.381 e. The third-order valence-corrected chi connectivity index (χ3v) is 2.82. The summed E-state index contributed by atoms with van der Waals surface area (Å²) in [5, 5.41) is 3.96. The maximum absolute atomic E-state index is 5.55. The zero-order chi connectivity index (χ0) is 10.7. The molecule has 84 valence electrons. The predicted octanol–water partition coefficient (Wildman–Crippen LogP) is 1.03. The van der Waals surface area contributed by atoms with Gasteiger partial charge in [-0.1, -0.05) is 12.1 Å². The SMILES string of the molecule is CC(CN)c1noc(C2CCOCC2)n1. The van der Waals surface area contributed by atoms with Crippen molar-refractivity contribution in [2.75, 3.05) is 19.8 Å². The normalized spacial score (nSPS) is 20.4.